The van der Waals surface area contributed by atoms with Crippen LogP contribution in [0.1, 0.15) is 0 Å². The Balaban J connectivity index is 0.000000137. The van der Waals surface area contributed by atoms with Crippen molar-refractivity contribution in [2.45, 2.75) is 0 Å². The quantitative estimate of drug-likeness (QED) is 0.128. The Kier molecular flexibility index (Phi) is 17.0. The lowest BCUT2D eigenvalue weighted by Crippen LogP contribution is -1.92. The fourth-order valence-electron chi connectivity index (χ4n) is 21.1. The molecule has 0 bridgehead atoms. The van der Waals surface area contributed by atoms with Crippen LogP contribution in [0.2, 0.25) is 0 Å². The Labute approximate surface area is 727 Å². The van der Waals surface area contributed by atoms with Gasteiger partial charge in [0.1, 0.15) is 22.3 Å². The van der Waals surface area contributed by atoms with E-state index in [1.54, 1.807) is 0 Å². The van der Waals surface area contributed by atoms with Crippen LogP contribution >= 0.6 is 0 Å². The zero-order valence-electron chi connectivity index (χ0n) is 68.7. The van der Waals surface area contributed by atoms with Crippen molar-refractivity contribution in [2.75, 3.05) is 0 Å². The molecule has 0 fully saturated rings. The zero-order valence-corrected chi connectivity index (χ0v) is 68.7. The van der Waals surface area contributed by atoms with Crippen molar-refractivity contribution in [2.24, 2.45) is 0 Å². The van der Waals surface area contributed by atoms with Gasteiger partial charge in [-0.15, -0.1) is 0 Å². The van der Waals surface area contributed by atoms with Crippen LogP contribution in [0.3, 0.4) is 0 Å². The first-order valence-corrected chi connectivity index (χ1v) is 43.5. The van der Waals surface area contributed by atoms with Gasteiger partial charge < -0.3 is 8.83 Å². The molecule has 0 aliphatic carbocycles. The third kappa shape index (κ3) is 11.6. The van der Waals surface area contributed by atoms with Crippen molar-refractivity contribution >= 4 is 152 Å². The van der Waals surface area contributed by atoms with Gasteiger partial charge in [0, 0.05) is 43.8 Å². The maximum atomic E-state index is 6.98. The molecule has 24 aromatic carbocycles. The largest absolute Gasteiger partial charge is 0.455 e. The summed E-state index contributed by atoms with van der Waals surface area (Å²) in [6.45, 7) is 0. The van der Waals surface area contributed by atoms with Gasteiger partial charge in [0.15, 0.2) is 0 Å². The van der Waals surface area contributed by atoms with Gasteiger partial charge in [0.25, 0.3) is 0 Å². The van der Waals surface area contributed by atoms with E-state index < -0.39 is 0 Å². The van der Waals surface area contributed by atoms with Crippen LogP contribution < -0.4 is 0 Å². The van der Waals surface area contributed by atoms with E-state index in [1.165, 1.54) is 208 Å². The molecule has 0 aliphatic rings. The van der Waals surface area contributed by atoms with Gasteiger partial charge in [-0.3, -0.25) is 0 Å². The number of hydrogen-bond donors (Lipinski definition) is 0. The molecule has 126 heavy (non-hydrogen) atoms. The fraction of sp³-hybridized carbons (Fsp3) is 0. The minimum absolute atomic E-state index is 0.880. The molecule has 2 aromatic heterocycles. The Morgan fingerprint density at radius 2 is 0.333 bits per heavy atom. The summed E-state index contributed by atoms with van der Waals surface area (Å²) >= 11 is 0. The number of para-hydroxylation sites is 2. The number of rotatable bonds is 10. The van der Waals surface area contributed by atoms with Gasteiger partial charge in [-0.1, -0.05) is 437 Å². The van der Waals surface area contributed by atoms with E-state index in [2.05, 4.69) is 461 Å². The predicted molar refractivity (Wildman–Crippen MR) is 537 cm³/mol. The third-order valence-corrected chi connectivity index (χ3v) is 26.5. The number of hydrogen-bond acceptors (Lipinski definition) is 2. The second-order valence-corrected chi connectivity index (χ2v) is 33.3. The Hall–Kier alpha value is -16.5. The molecular weight excluding hydrogens is 1520 g/mol. The van der Waals surface area contributed by atoms with E-state index in [4.69, 9.17) is 8.83 Å². The van der Waals surface area contributed by atoms with Crippen LogP contribution in [-0.2, 0) is 0 Å². The van der Waals surface area contributed by atoms with E-state index in [-0.39, 0.29) is 0 Å². The molecule has 0 spiro atoms. The third-order valence-electron chi connectivity index (χ3n) is 26.5. The minimum atomic E-state index is 0.880. The van der Waals surface area contributed by atoms with Crippen molar-refractivity contribution in [1.29, 1.82) is 0 Å². The Morgan fingerprint density at radius 1 is 0.111 bits per heavy atom. The first-order valence-electron chi connectivity index (χ1n) is 43.5. The molecule has 0 aliphatic heterocycles. The van der Waals surface area contributed by atoms with Gasteiger partial charge in [0.2, 0.25) is 0 Å². The lowest BCUT2D eigenvalue weighted by molar-refractivity contribution is 0.670. The van der Waals surface area contributed by atoms with Gasteiger partial charge in [-0.2, -0.15) is 0 Å². The van der Waals surface area contributed by atoms with Crippen molar-refractivity contribution in [1.82, 2.24) is 0 Å². The molecule has 2 nitrogen and oxygen atoms in total. The van der Waals surface area contributed by atoms with Gasteiger partial charge >= 0.3 is 0 Å². The maximum absolute atomic E-state index is 6.98. The van der Waals surface area contributed by atoms with E-state index in [1.807, 2.05) is 0 Å². The topological polar surface area (TPSA) is 26.3 Å². The highest BCUT2D eigenvalue weighted by atomic mass is 16.3. The monoisotopic (exact) mass is 1600 g/mol. The maximum Gasteiger partial charge on any atom is 0.143 e. The summed E-state index contributed by atoms with van der Waals surface area (Å²) in [5, 5.41) is 29.1. The second-order valence-electron chi connectivity index (χ2n) is 33.3. The average molecular weight is 1600 g/mol. The molecule has 0 radical (unpaired) electrons. The standard InChI is InChI=1S/2C62H38O/c1-3-18-39(19-4-1)42-35-36-53(44-23-8-7-22-43(42)44)60-49-28-13-11-26-47(49)59(48-27-12-14-29-50(48)60)41-34-37-57-56(38-41)54-32-17-33-55(62(54)63-57)61-51-30-15-9-24-45(51)58(40-20-5-2-6-21-40)46-25-10-16-31-52(46)61;1-2-17-41(18-3-1)58-50-25-10-12-27-52(50)61(53-28-13-11-26-51(53)58)55-31-15-30-54-56-38-43(36-37-57(56)63-62(54)55)60-48-23-8-6-21-46(48)59(47-22-7-9-24-49(47)60)42-34-32-40(33-35-42)45-29-14-19-39-16-4-5-20-44(39)45/h2*1-38H. The zero-order chi connectivity index (χ0) is 82.9. The average Bonchev–Trinajstić information content (AvgIpc) is 1.36. The van der Waals surface area contributed by atoms with E-state index in [0.29, 0.717) is 0 Å². The summed E-state index contributed by atoms with van der Waals surface area (Å²) in [4.78, 5) is 0. The SMILES string of the molecule is c1ccc(-c2c3ccccc3c(-c3cccc4c3oc3ccc(-c5c6ccccc6c(-c6ccc(-c7cccc8ccccc78)cc6)c6ccccc56)cc34)c3ccccc23)cc1.c1ccc(-c2ccc(-c3c4ccccc4c(-c4ccc5oc6c(-c7c8ccccc8c(-c8ccccc8)c8ccccc78)cccc6c5c4)c4ccccc34)c3ccccc23)cc1. The summed E-state index contributed by atoms with van der Waals surface area (Å²) in [6.07, 6.45) is 0. The van der Waals surface area contributed by atoms with E-state index in [0.717, 1.165) is 55.0 Å². The van der Waals surface area contributed by atoms with Crippen LogP contribution in [0.15, 0.2) is 470 Å². The molecule has 0 unspecified atom stereocenters. The summed E-state index contributed by atoms with van der Waals surface area (Å²) in [5.41, 5.74) is 27.8. The Morgan fingerprint density at radius 3 is 0.706 bits per heavy atom. The highest BCUT2D eigenvalue weighted by molar-refractivity contribution is 6.30. The van der Waals surface area contributed by atoms with Crippen molar-refractivity contribution in [3.8, 4) is 111 Å². The summed E-state index contributed by atoms with van der Waals surface area (Å²) in [5.74, 6) is 0. The first-order chi connectivity index (χ1) is 62.6. The minimum Gasteiger partial charge on any atom is -0.455 e. The molecule has 2 heterocycles. The number of furan rings is 2. The van der Waals surface area contributed by atoms with Crippen LogP contribution in [0.25, 0.3) is 263 Å². The molecule has 26 rings (SSSR count). The van der Waals surface area contributed by atoms with Gasteiger partial charge in [-0.25, -0.2) is 0 Å². The smallest absolute Gasteiger partial charge is 0.143 e. The highest BCUT2D eigenvalue weighted by Crippen LogP contribution is 2.54. The molecule has 0 N–H and O–H groups in total. The van der Waals surface area contributed by atoms with Crippen molar-refractivity contribution in [3.05, 3.63) is 461 Å². The van der Waals surface area contributed by atoms with E-state index >= 15 is 0 Å². The van der Waals surface area contributed by atoms with Crippen LogP contribution in [-0.4, -0.2) is 0 Å². The van der Waals surface area contributed by atoms with Crippen LogP contribution in [0.5, 0.6) is 0 Å². The van der Waals surface area contributed by atoms with E-state index in [9.17, 15) is 0 Å². The molecule has 0 atom stereocenters. The molecule has 0 saturated carbocycles. The summed E-state index contributed by atoms with van der Waals surface area (Å²) in [7, 11) is 0. The van der Waals surface area contributed by atoms with Crippen molar-refractivity contribution in [3.63, 3.8) is 0 Å². The number of fused-ring (bicyclic) bond motifs is 16. The first kappa shape index (κ1) is 72.3. The lowest BCUT2D eigenvalue weighted by Gasteiger charge is -2.19. The molecule has 0 saturated heterocycles. The lowest BCUT2D eigenvalue weighted by atomic mass is 9.83. The van der Waals surface area contributed by atoms with Crippen LogP contribution in [0.4, 0.5) is 0 Å². The normalized spacial score (nSPS) is 11.8. The van der Waals surface area contributed by atoms with Gasteiger partial charge in [0.05, 0.1) is 0 Å². The fourth-order valence-corrected chi connectivity index (χ4v) is 21.1. The number of benzene rings is 24. The summed E-state index contributed by atoms with van der Waals surface area (Å²) in [6, 6.07) is 168. The molecular formula is C124H76O2. The predicted octanol–water partition coefficient (Wildman–Crippen LogP) is 35.4. The summed E-state index contributed by atoms with van der Waals surface area (Å²) < 4.78 is 13.9. The van der Waals surface area contributed by atoms with Gasteiger partial charge in [-0.05, 0) is 221 Å². The van der Waals surface area contributed by atoms with Crippen LogP contribution in [0, 0.1) is 0 Å². The molecule has 2 heteroatoms. The second kappa shape index (κ2) is 29.7. The molecule has 0 amide bonds. The Bertz CT molecular complexity index is 8710. The molecule has 584 valence electrons. The highest BCUT2D eigenvalue weighted by Gasteiger charge is 2.27. The van der Waals surface area contributed by atoms with Crippen molar-refractivity contribution < 1.29 is 8.83 Å². The molecule has 26 aromatic rings.